The van der Waals surface area contributed by atoms with E-state index in [9.17, 15) is 14.4 Å². The summed E-state index contributed by atoms with van der Waals surface area (Å²) in [6.07, 6.45) is 1.46. The van der Waals surface area contributed by atoms with Gasteiger partial charge in [-0.05, 0) is 17.7 Å². The number of benzene rings is 1. The molecule has 0 radical (unpaired) electrons. The highest BCUT2D eigenvalue weighted by molar-refractivity contribution is 5.92. The average Bonchev–Trinajstić information content (AvgIpc) is 3.08. The lowest BCUT2D eigenvalue weighted by atomic mass is 9.91. The number of rotatable bonds is 7. The van der Waals surface area contributed by atoms with Crippen molar-refractivity contribution >= 4 is 23.3 Å². The summed E-state index contributed by atoms with van der Waals surface area (Å²) in [5, 5.41) is 13.2. The van der Waals surface area contributed by atoms with Crippen molar-refractivity contribution in [3.05, 3.63) is 41.7 Å². The minimum atomic E-state index is -0.477. The van der Waals surface area contributed by atoms with Gasteiger partial charge in [-0.2, -0.15) is 0 Å². The molecule has 2 N–H and O–H groups in total. The van der Waals surface area contributed by atoms with Crippen molar-refractivity contribution in [2.75, 3.05) is 5.32 Å². The second-order valence-electron chi connectivity index (χ2n) is 8.00. The molecule has 2 aromatic rings. The molecule has 8 nitrogen and oxygen atoms in total. The molecule has 0 aliphatic heterocycles. The van der Waals surface area contributed by atoms with Gasteiger partial charge in [0.2, 0.25) is 5.91 Å². The molecule has 8 heteroatoms. The van der Waals surface area contributed by atoms with Gasteiger partial charge < -0.3 is 10.6 Å². The third-order valence-corrected chi connectivity index (χ3v) is 4.11. The molecule has 1 aromatic heterocycles. The molecule has 0 bridgehead atoms. The van der Waals surface area contributed by atoms with Crippen molar-refractivity contribution < 1.29 is 14.4 Å². The number of carbonyl (C=O) groups excluding carboxylic acids is 3. The van der Waals surface area contributed by atoms with Crippen LogP contribution in [-0.2, 0) is 22.7 Å². The number of amides is 2. The second kappa shape index (κ2) is 8.77. The van der Waals surface area contributed by atoms with Gasteiger partial charge in [0.05, 0.1) is 6.20 Å². The van der Waals surface area contributed by atoms with Crippen LogP contribution in [0.15, 0.2) is 30.5 Å². The average molecular weight is 385 g/mol. The van der Waals surface area contributed by atoms with Crippen LogP contribution < -0.4 is 10.6 Å². The SMILES string of the molecule is CC(C)C(=O)Nc1ccc(CNC(=O)c2cn(CC(=O)C(C)(C)C)nn2)cc1. The van der Waals surface area contributed by atoms with E-state index in [1.807, 2.05) is 46.8 Å². The fourth-order valence-corrected chi connectivity index (χ4v) is 2.13. The predicted molar refractivity (Wildman–Crippen MR) is 106 cm³/mol. The number of carbonyl (C=O) groups is 3. The molecule has 2 amide bonds. The third-order valence-electron chi connectivity index (χ3n) is 4.11. The summed E-state index contributed by atoms with van der Waals surface area (Å²) in [5.41, 5.74) is 1.27. The van der Waals surface area contributed by atoms with E-state index in [4.69, 9.17) is 0 Å². The number of aromatic nitrogens is 3. The lowest BCUT2D eigenvalue weighted by molar-refractivity contribution is -0.127. The smallest absolute Gasteiger partial charge is 0.273 e. The van der Waals surface area contributed by atoms with Gasteiger partial charge in [0, 0.05) is 23.6 Å². The van der Waals surface area contributed by atoms with Crippen molar-refractivity contribution in [1.82, 2.24) is 20.3 Å². The number of ketones is 1. The van der Waals surface area contributed by atoms with Crippen LogP contribution in [0.1, 0.15) is 50.7 Å². The molecule has 28 heavy (non-hydrogen) atoms. The second-order valence-corrected chi connectivity index (χ2v) is 8.00. The van der Waals surface area contributed by atoms with Crippen molar-refractivity contribution in [3.63, 3.8) is 0 Å². The fourth-order valence-electron chi connectivity index (χ4n) is 2.13. The Kier molecular flexibility index (Phi) is 6.66. The summed E-state index contributed by atoms with van der Waals surface area (Å²) < 4.78 is 1.37. The minimum Gasteiger partial charge on any atom is -0.347 e. The van der Waals surface area contributed by atoms with Gasteiger partial charge in [0.1, 0.15) is 6.54 Å². The Hall–Kier alpha value is -3.03. The highest BCUT2D eigenvalue weighted by Gasteiger charge is 2.22. The summed E-state index contributed by atoms with van der Waals surface area (Å²) in [4.78, 5) is 36.0. The molecule has 0 unspecified atom stereocenters. The maximum absolute atomic E-state index is 12.2. The third kappa shape index (κ3) is 6.00. The highest BCUT2D eigenvalue weighted by atomic mass is 16.2. The first-order valence-corrected chi connectivity index (χ1v) is 9.17. The van der Waals surface area contributed by atoms with Crippen LogP contribution in [0.2, 0.25) is 0 Å². The Labute approximate surface area is 164 Å². The molecule has 0 aliphatic rings. The molecule has 0 saturated carbocycles. The number of Topliss-reactive ketones (excluding diaryl/α,β-unsaturated/α-hetero) is 1. The first kappa shape index (κ1) is 21.3. The summed E-state index contributed by atoms with van der Waals surface area (Å²) >= 11 is 0. The standard InChI is InChI=1S/C20H27N5O3/c1-13(2)18(27)22-15-8-6-14(7-9-15)10-21-19(28)16-11-25(24-23-16)12-17(26)20(3,4)5/h6-9,11,13H,10,12H2,1-5H3,(H,21,28)(H,22,27). The van der Waals surface area contributed by atoms with E-state index in [2.05, 4.69) is 20.9 Å². The van der Waals surface area contributed by atoms with E-state index < -0.39 is 5.41 Å². The lowest BCUT2D eigenvalue weighted by Crippen LogP contribution is -2.25. The molecule has 150 valence electrons. The molecular formula is C20H27N5O3. The van der Waals surface area contributed by atoms with Crippen LogP contribution >= 0.6 is 0 Å². The molecule has 0 saturated heterocycles. The van der Waals surface area contributed by atoms with E-state index in [0.29, 0.717) is 12.2 Å². The zero-order valence-corrected chi connectivity index (χ0v) is 16.9. The summed E-state index contributed by atoms with van der Waals surface area (Å²) in [6.45, 7) is 9.54. The van der Waals surface area contributed by atoms with E-state index in [1.54, 1.807) is 12.1 Å². The molecule has 0 fully saturated rings. The topological polar surface area (TPSA) is 106 Å². The largest absolute Gasteiger partial charge is 0.347 e. The van der Waals surface area contributed by atoms with Gasteiger partial charge in [0.25, 0.3) is 5.91 Å². The molecule has 2 rings (SSSR count). The van der Waals surface area contributed by atoms with Gasteiger partial charge in [0.15, 0.2) is 11.5 Å². The lowest BCUT2D eigenvalue weighted by Gasteiger charge is -2.15. The Morgan fingerprint density at radius 1 is 1.11 bits per heavy atom. The van der Waals surface area contributed by atoms with Crippen LogP contribution in [0, 0.1) is 11.3 Å². The number of anilines is 1. The van der Waals surface area contributed by atoms with Crippen molar-refractivity contribution in [2.24, 2.45) is 11.3 Å². The van der Waals surface area contributed by atoms with Gasteiger partial charge in [-0.3, -0.25) is 14.4 Å². The minimum absolute atomic E-state index is 0.00834. The van der Waals surface area contributed by atoms with Gasteiger partial charge in [-0.15, -0.1) is 5.10 Å². The molecule has 1 aromatic carbocycles. The van der Waals surface area contributed by atoms with E-state index >= 15 is 0 Å². The zero-order chi connectivity index (χ0) is 20.9. The van der Waals surface area contributed by atoms with Gasteiger partial charge in [-0.25, -0.2) is 4.68 Å². The quantitative estimate of drug-likeness (QED) is 0.761. The van der Waals surface area contributed by atoms with Crippen molar-refractivity contribution in [1.29, 1.82) is 0 Å². The number of hydrogen-bond donors (Lipinski definition) is 2. The molecule has 0 atom stereocenters. The van der Waals surface area contributed by atoms with E-state index in [-0.39, 0.29) is 35.8 Å². The predicted octanol–water partition coefficient (Wildman–Crippen LogP) is 2.42. The van der Waals surface area contributed by atoms with Crippen LogP contribution in [0.4, 0.5) is 5.69 Å². The van der Waals surface area contributed by atoms with Crippen LogP contribution in [0.3, 0.4) is 0 Å². The Morgan fingerprint density at radius 2 is 1.75 bits per heavy atom. The Bertz CT molecular complexity index is 847. The van der Waals surface area contributed by atoms with E-state index in [1.165, 1.54) is 10.9 Å². The Morgan fingerprint density at radius 3 is 2.32 bits per heavy atom. The van der Waals surface area contributed by atoms with Crippen molar-refractivity contribution in [3.8, 4) is 0 Å². The Balaban J connectivity index is 1.89. The van der Waals surface area contributed by atoms with Crippen molar-refractivity contribution in [2.45, 2.75) is 47.7 Å². The van der Waals surface area contributed by atoms with Crippen LogP contribution in [-0.4, -0.2) is 32.6 Å². The van der Waals surface area contributed by atoms with E-state index in [0.717, 1.165) is 5.56 Å². The first-order chi connectivity index (χ1) is 13.1. The normalized spacial score (nSPS) is 11.4. The summed E-state index contributed by atoms with van der Waals surface area (Å²) in [7, 11) is 0. The number of nitrogens with one attached hydrogen (secondary N) is 2. The van der Waals surface area contributed by atoms with Gasteiger partial charge >= 0.3 is 0 Å². The number of hydrogen-bond acceptors (Lipinski definition) is 5. The van der Waals surface area contributed by atoms with Crippen LogP contribution in [0.25, 0.3) is 0 Å². The summed E-state index contributed by atoms with van der Waals surface area (Å²) in [5.74, 6) is -0.499. The first-order valence-electron chi connectivity index (χ1n) is 9.17. The fraction of sp³-hybridized carbons (Fsp3) is 0.450. The molecule has 0 spiro atoms. The maximum Gasteiger partial charge on any atom is 0.273 e. The number of nitrogens with zero attached hydrogens (tertiary/aromatic N) is 3. The van der Waals surface area contributed by atoms with Crippen LogP contribution in [0.5, 0.6) is 0 Å². The van der Waals surface area contributed by atoms with Gasteiger partial charge in [-0.1, -0.05) is 52.0 Å². The monoisotopic (exact) mass is 385 g/mol. The zero-order valence-electron chi connectivity index (χ0n) is 16.9. The summed E-state index contributed by atoms with van der Waals surface area (Å²) in [6, 6.07) is 7.23. The molecule has 1 heterocycles. The maximum atomic E-state index is 12.2. The highest BCUT2D eigenvalue weighted by Crippen LogP contribution is 2.15. The molecule has 0 aliphatic carbocycles. The molecular weight excluding hydrogens is 358 g/mol.